The molecular formula is C13H17N3O2. The van der Waals surface area contributed by atoms with Crippen LogP contribution < -0.4 is 5.32 Å². The normalized spacial score (nSPS) is 14.4. The highest BCUT2D eigenvalue weighted by atomic mass is 16.3. The summed E-state index contributed by atoms with van der Waals surface area (Å²) in [5.74, 6) is -0.272. The Morgan fingerprint density at radius 3 is 2.89 bits per heavy atom. The van der Waals surface area contributed by atoms with Crippen LogP contribution >= 0.6 is 0 Å². The molecule has 0 saturated carbocycles. The van der Waals surface area contributed by atoms with Crippen molar-refractivity contribution in [2.45, 2.75) is 25.8 Å². The molecule has 5 heteroatoms. The molecule has 1 aromatic heterocycles. The lowest BCUT2D eigenvalue weighted by atomic mass is 10.00. The van der Waals surface area contributed by atoms with Crippen molar-refractivity contribution in [2.24, 2.45) is 0 Å². The maximum atomic E-state index is 12.1. The van der Waals surface area contributed by atoms with Crippen molar-refractivity contribution < 1.29 is 9.90 Å². The van der Waals surface area contributed by atoms with Crippen LogP contribution in [0.5, 0.6) is 0 Å². The SMILES string of the molecule is CCC(C)(CO)NC(=O)c1n[nH]c2ccccc12. The van der Waals surface area contributed by atoms with E-state index in [4.69, 9.17) is 0 Å². The fourth-order valence-corrected chi connectivity index (χ4v) is 1.71. The van der Waals surface area contributed by atoms with Crippen molar-refractivity contribution in [3.8, 4) is 0 Å². The van der Waals surface area contributed by atoms with Crippen LogP contribution in [0.25, 0.3) is 10.9 Å². The molecule has 1 heterocycles. The monoisotopic (exact) mass is 247 g/mol. The molecule has 0 aliphatic rings. The van der Waals surface area contributed by atoms with Crippen LogP contribution in [0.15, 0.2) is 24.3 Å². The van der Waals surface area contributed by atoms with Crippen LogP contribution in [-0.4, -0.2) is 33.4 Å². The molecule has 5 nitrogen and oxygen atoms in total. The van der Waals surface area contributed by atoms with E-state index in [0.29, 0.717) is 12.1 Å². The fraction of sp³-hybridized carbons (Fsp3) is 0.385. The van der Waals surface area contributed by atoms with Crippen LogP contribution in [0.2, 0.25) is 0 Å². The van der Waals surface area contributed by atoms with Crippen molar-refractivity contribution in [1.29, 1.82) is 0 Å². The summed E-state index contributed by atoms with van der Waals surface area (Å²) >= 11 is 0. The number of hydrogen-bond donors (Lipinski definition) is 3. The molecule has 1 unspecified atom stereocenters. The maximum absolute atomic E-state index is 12.1. The number of nitrogens with one attached hydrogen (secondary N) is 2. The highest BCUT2D eigenvalue weighted by Gasteiger charge is 2.25. The topological polar surface area (TPSA) is 78.0 Å². The Balaban J connectivity index is 2.29. The third-order valence-corrected chi connectivity index (χ3v) is 3.23. The molecule has 2 rings (SSSR count). The molecule has 0 bridgehead atoms. The van der Waals surface area contributed by atoms with E-state index in [1.165, 1.54) is 0 Å². The summed E-state index contributed by atoms with van der Waals surface area (Å²) < 4.78 is 0. The molecule has 1 aromatic carbocycles. The number of aliphatic hydroxyl groups is 1. The minimum Gasteiger partial charge on any atom is -0.394 e. The van der Waals surface area contributed by atoms with Crippen LogP contribution in [0, 0.1) is 0 Å². The molecule has 3 N–H and O–H groups in total. The molecule has 0 saturated heterocycles. The lowest BCUT2D eigenvalue weighted by Crippen LogP contribution is -2.48. The largest absolute Gasteiger partial charge is 0.394 e. The van der Waals surface area contributed by atoms with Gasteiger partial charge in [-0.3, -0.25) is 9.89 Å². The molecule has 0 radical (unpaired) electrons. The van der Waals surface area contributed by atoms with Gasteiger partial charge in [-0.2, -0.15) is 5.10 Å². The Labute approximate surface area is 105 Å². The average molecular weight is 247 g/mol. The summed E-state index contributed by atoms with van der Waals surface area (Å²) in [7, 11) is 0. The number of rotatable bonds is 4. The Bertz CT molecular complexity index is 558. The van der Waals surface area contributed by atoms with Crippen LogP contribution in [-0.2, 0) is 0 Å². The number of aliphatic hydroxyl groups excluding tert-OH is 1. The van der Waals surface area contributed by atoms with E-state index >= 15 is 0 Å². The second kappa shape index (κ2) is 4.78. The summed E-state index contributed by atoms with van der Waals surface area (Å²) in [6, 6.07) is 7.45. The molecular weight excluding hydrogens is 230 g/mol. The molecule has 1 amide bonds. The number of aromatic amines is 1. The zero-order valence-corrected chi connectivity index (χ0v) is 10.5. The van der Waals surface area contributed by atoms with Crippen molar-refractivity contribution in [2.75, 3.05) is 6.61 Å². The number of fused-ring (bicyclic) bond motifs is 1. The summed E-state index contributed by atoms with van der Waals surface area (Å²) in [6.07, 6.45) is 0.650. The Hall–Kier alpha value is -1.88. The first-order valence-electron chi connectivity index (χ1n) is 5.96. The number of hydrogen-bond acceptors (Lipinski definition) is 3. The predicted octanol–water partition coefficient (Wildman–Crippen LogP) is 1.45. The van der Waals surface area contributed by atoms with Crippen molar-refractivity contribution in [1.82, 2.24) is 15.5 Å². The zero-order chi connectivity index (χ0) is 13.2. The van der Waals surface area contributed by atoms with Gasteiger partial charge < -0.3 is 10.4 Å². The van der Waals surface area contributed by atoms with Crippen molar-refractivity contribution in [3.05, 3.63) is 30.0 Å². The van der Waals surface area contributed by atoms with Gasteiger partial charge in [0.1, 0.15) is 0 Å². The minimum atomic E-state index is -0.614. The molecule has 0 fully saturated rings. The van der Waals surface area contributed by atoms with Crippen molar-refractivity contribution in [3.63, 3.8) is 0 Å². The molecule has 0 aliphatic heterocycles. The van der Waals surface area contributed by atoms with Gasteiger partial charge in [-0.05, 0) is 19.4 Å². The summed E-state index contributed by atoms with van der Waals surface area (Å²) in [6.45, 7) is 3.62. The van der Waals surface area contributed by atoms with E-state index in [2.05, 4.69) is 15.5 Å². The minimum absolute atomic E-state index is 0.0996. The smallest absolute Gasteiger partial charge is 0.272 e. The number of carbonyl (C=O) groups excluding carboxylic acids is 1. The van der Waals surface area contributed by atoms with Gasteiger partial charge >= 0.3 is 0 Å². The summed E-state index contributed by atoms with van der Waals surface area (Å²) in [5, 5.41) is 19.7. The van der Waals surface area contributed by atoms with Crippen LogP contribution in [0.3, 0.4) is 0 Å². The molecule has 2 aromatic rings. The second-order valence-corrected chi connectivity index (χ2v) is 4.64. The van der Waals surface area contributed by atoms with Gasteiger partial charge in [0.25, 0.3) is 5.91 Å². The van der Waals surface area contributed by atoms with E-state index in [0.717, 1.165) is 10.9 Å². The quantitative estimate of drug-likeness (QED) is 0.765. The Morgan fingerprint density at radius 1 is 1.50 bits per heavy atom. The molecule has 0 spiro atoms. The van der Waals surface area contributed by atoms with Gasteiger partial charge in [-0.25, -0.2) is 0 Å². The van der Waals surface area contributed by atoms with Gasteiger partial charge in [0, 0.05) is 5.39 Å². The van der Waals surface area contributed by atoms with Crippen molar-refractivity contribution >= 4 is 16.8 Å². The zero-order valence-electron chi connectivity index (χ0n) is 10.5. The molecule has 1 atom stereocenters. The number of para-hydroxylation sites is 1. The molecule has 0 aliphatic carbocycles. The van der Waals surface area contributed by atoms with Gasteiger partial charge in [0.05, 0.1) is 17.7 Å². The second-order valence-electron chi connectivity index (χ2n) is 4.64. The first-order chi connectivity index (χ1) is 8.59. The van der Waals surface area contributed by atoms with Gasteiger partial charge in [0.15, 0.2) is 5.69 Å². The number of nitrogens with zero attached hydrogens (tertiary/aromatic N) is 1. The van der Waals surface area contributed by atoms with Crippen LogP contribution in [0.1, 0.15) is 30.8 Å². The van der Waals surface area contributed by atoms with E-state index < -0.39 is 5.54 Å². The number of amides is 1. The number of benzene rings is 1. The number of aromatic nitrogens is 2. The van der Waals surface area contributed by atoms with Gasteiger partial charge in [-0.15, -0.1) is 0 Å². The Morgan fingerprint density at radius 2 is 2.22 bits per heavy atom. The lowest BCUT2D eigenvalue weighted by Gasteiger charge is -2.26. The van der Waals surface area contributed by atoms with E-state index in [-0.39, 0.29) is 12.5 Å². The maximum Gasteiger partial charge on any atom is 0.272 e. The van der Waals surface area contributed by atoms with E-state index in [1.54, 1.807) is 6.92 Å². The van der Waals surface area contributed by atoms with Crippen LogP contribution in [0.4, 0.5) is 0 Å². The summed E-state index contributed by atoms with van der Waals surface area (Å²) in [5.41, 5.74) is 0.570. The van der Waals surface area contributed by atoms with E-state index in [1.807, 2.05) is 31.2 Å². The van der Waals surface area contributed by atoms with Gasteiger partial charge in [0.2, 0.25) is 0 Å². The first-order valence-corrected chi connectivity index (χ1v) is 5.96. The van der Waals surface area contributed by atoms with Gasteiger partial charge in [-0.1, -0.05) is 25.1 Å². The lowest BCUT2D eigenvalue weighted by molar-refractivity contribution is 0.0844. The number of carbonyl (C=O) groups is 1. The molecule has 18 heavy (non-hydrogen) atoms. The number of H-pyrrole nitrogens is 1. The fourth-order valence-electron chi connectivity index (χ4n) is 1.71. The summed E-state index contributed by atoms with van der Waals surface area (Å²) in [4.78, 5) is 12.1. The third kappa shape index (κ3) is 2.22. The standard InChI is InChI=1S/C13H17N3O2/c1-3-13(2,8-17)14-12(18)11-9-6-4-5-7-10(9)15-16-11/h4-7,17H,3,8H2,1-2H3,(H,14,18)(H,15,16). The predicted molar refractivity (Wildman–Crippen MR) is 69.3 cm³/mol. The third-order valence-electron chi connectivity index (χ3n) is 3.23. The molecule has 96 valence electrons. The highest BCUT2D eigenvalue weighted by Crippen LogP contribution is 2.16. The first kappa shape index (κ1) is 12.6. The van der Waals surface area contributed by atoms with E-state index in [9.17, 15) is 9.90 Å². The Kier molecular flexibility index (Phi) is 3.34. The average Bonchev–Trinajstić information content (AvgIpc) is 2.82. The highest BCUT2D eigenvalue weighted by molar-refractivity contribution is 6.04.